The third-order valence-electron chi connectivity index (χ3n) is 5.43. The molecule has 2 atom stereocenters. The van der Waals surface area contributed by atoms with Gasteiger partial charge in [-0.25, -0.2) is 8.42 Å². The minimum atomic E-state index is -3.62. The van der Waals surface area contributed by atoms with Crippen LogP contribution in [-0.2, 0) is 24.3 Å². The van der Waals surface area contributed by atoms with E-state index in [4.69, 9.17) is 4.74 Å². The predicted molar refractivity (Wildman–Crippen MR) is 110 cm³/mol. The molecule has 1 N–H and O–H groups in total. The summed E-state index contributed by atoms with van der Waals surface area (Å²) in [7, 11) is -0.0117. The third kappa shape index (κ3) is 5.08. The summed E-state index contributed by atoms with van der Waals surface area (Å²) in [5.41, 5.74) is 1.03. The molecule has 8 nitrogen and oxygen atoms in total. The van der Waals surface area contributed by atoms with E-state index in [1.807, 2.05) is 6.92 Å². The van der Waals surface area contributed by atoms with Gasteiger partial charge in [0.25, 0.3) is 5.91 Å². The van der Waals surface area contributed by atoms with Gasteiger partial charge in [-0.05, 0) is 43.4 Å². The Kier molecular flexibility index (Phi) is 6.48. The average Bonchev–Trinajstić information content (AvgIpc) is 3.43. The lowest BCUT2D eigenvalue weighted by Gasteiger charge is -2.26. The molecule has 29 heavy (non-hydrogen) atoms. The molecule has 0 aromatic heterocycles. The van der Waals surface area contributed by atoms with Crippen molar-refractivity contribution in [3.63, 3.8) is 0 Å². The van der Waals surface area contributed by atoms with Crippen molar-refractivity contribution < 1.29 is 22.7 Å². The number of nitrogens with one attached hydrogen (secondary N) is 1. The Labute approximate surface area is 172 Å². The number of hydrogen-bond donors (Lipinski definition) is 1. The monoisotopic (exact) mass is 423 g/mol. The highest BCUT2D eigenvalue weighted by Gasteiger charge is 2.40. The minimum Gasteiger partial charge on any atom is -0.455 e. The number of sulfonamides is 1. The van der Waals surface area contributed by atoms with Gasteiger partial charge in [0.05, 0.1) is 22.2 Å². The molecule has 2 aliphatic rings. The van der Waals surface area contributed by atoms with E-state index in [0.717, 1.165) is 25.7 Å². The minimum absolute atomic E-state index is 0.113. The Bertz CT molecular complexity index is 878. The van der Waals surface area contributed by atoms with Crippen molar-refractivity contribution in [2.75, 3.05) is 44.0 Å². The van der Waals surface area contributed by atoms with Gasteiger partial charge < -0.3 is 15.0 Å². The number of anilines is 2. The number of nitrogens with zero attached hydrogens (tertiary/aromatic N) is 2. The van der Waals surface area contributed by atoms with Gasteiger partial charge in [0.1, 0.15) is 0 Å². The van der Waals surface area contributed by atoms with E-state index < -0.39 is 22.5 Å². The van der Waals surface area contributed by atoms with Crippen LogP contribution < -0.4 is 10.2 Å². The van der Waals surface area contributed by atoms with E-state index in [0.29, 0.717) is 30.4 Å². The second kappa shape index (κ2) is 8.71. The number of esters is 1. The Morgan fingerprint density at radius 2 is 1.86 bits per heavy atom. The zero-order valence-electron chi connectivity index (χ0n) is 17.2. The third-order valence-corrected chi connectivity index (χ3v) is 7.33. The summed E-state index contributed by atoms with van der Waals surface area (Å²) in [4.78, 5) is 26.1. The quantitative estimate of drug-likeness (QED) is 0.675. The summed E-state index contributed by atoms with van der Waals surface area (Å²) >= 11 is 0. The van der Waals surface area contributed by atoms with Crippen LogP contribution in [0, 0.1) is 11.8 Å². The molecule has 1 saturated heterocycles. The second-order valence-electron chi connectivity index (χ2n) is 8.01. The number of amides is 1. The van der Waals surface area contributed by atoms with Crippen LogP contribution in [0.5, 0.6) is 0 Å². The lowest BCUT2D eigenvalue weighted by Crippen LogP contribution is -2.35. The maximum atomic E-state index is 13.0. The molecule has 1 amide bonds. The highest BCUT2D eigenvalue weighted by Crippen LogP contribution is 2.38. The van der Waals surface area contributed by atoms with Crippen LogP contribution >= 0.6 is 0 Å². The van der Waals surface area contributed by atoms with E-state index in [-0.39, 0.29) is 16.8 Å². The molecule has 1 saturated carbocycles. The molecule has 0 spiro atoms. The zero-order chi connectivity index (χ0) is 21.2. The fraction of sp³-hybridized carbons (Fsp3) is 0.600. The molecule has 0 unspecified atom stereocenters. The molecule has 1 aromatic carbocycles. The predicted octanol–water partition coefficient (Wildman–Crippen LogP) is 2.06. The van der Waals surface area contributed by atoms with E-state index in [2.05, 4.69) is 5.32 Å². The van der Waals surface area contributed by atoms with Crippen molar-refractivity contribution in [3.05, 3.63) is 18.2 Å². The Morgan fingerprint density at radius 3 is 2.45 bits per heavy atom. The van der Waals surface area contributed by atoms with Crippen LogP contribution in [0.3, 0.4) is 0 Å². The summed E-state index contributed by atoms with van der Waals surface area (Å²) in [6.07, 6.45) is 3.53. The number of piperidine rings is 1. The van der Waals surface area contributed by atoms with Crippen LogP contribution in [0.2, 0.25) is 0 Å². The summed E-state index contributed by atoms with van der Waals surface area (Å²) in [5, 5.41) is 2.69. The first-order valence-corrected chi connectivity index (χ1v) is 11.4. The molecule has 1 heterocycles. The lowest BCUT2D eigenvalue weighted by atomic mass is 10.2. The number of benzene rings is 1. The molecule has 160 valence electrons. The van der Waals surface area contributed by atoms with Gasteiger partial charge in [-0.1, -0.05) is 13.3 Å². The van der Waals surface area contributed by atoms with Crippen LogP contribution in [0.1, 0.15) is 32.6 Å². The van der Waals surface area contributed by atoms with Gasteiger partial charge in [0.2, 0.25) is 10.0 Å². The topological polar surface area (TPSA) is 96.0 Å². The summed E-state index contributed by atoms with van der Waals surface area (Å²) in [6, 6.07) is 4.70. The van der Waals surface area contributed by atoms with E-state index in [1.54, 1.807) is 31.1 Å². The largest absolute Gasteiger partial charge is 0.455 e. The first-order chi connectivity index (χ1) is 13.7. The van der Waals surface area contributed by atoms with Gasteiger partial charge in [-0.3, -0.25) is 9.59 Å². The molecule has 1 aromatic rings. The fourth-order valence-electron chi connectivity index (χ4n) is 3.50. The van der Waals surface area contributed by atoms with Crippen molar-refractivity contribution in [3.8, 4) is 0 Å². The Balaban J connectivity index is 1.74. The van der Waals surface area contributed by atoms with Gasteiger partial charge in [0.15, 0.2) is 6.61 Å². The van der Waals surface area contributed by atoms with Crippen LogP contribution in [0.4, 0.5) is 11.4 Å². The van der Waals surface area contributed by atoms with E-state index in [9.17, 15) is 18.0 Å². The SMILES string of the molecule is C[C@@H]1C[C@@H]1C(=O)OCC(=O)Nc1cc(S(=O)(=O)N2CCCCC2)ccc1N(C)C. The maximum absolute atomic E-state index is 13.0. The van der Waals surface area contributed by atoms with Crippen molar-refractivity contribution in [2.45, 2.75) is 37.5 Å². The van der Waals surface area contributed by atoms with Gasteiger partial charge in [-0.15, -0.1) is 0 Å². The first kappa shape index (κ1) is 21.6. The second-order valence-corrected chi connectivity index (χ2v) is 9.95. The lowest BCUT2D eigenvalue weighted by molar-refractivity contribution is -0.148. The highest BCUT2D eigenvalue weighted by molar-refractivity contribution is 7.89. The van der Waals surface area contributed by atoms with Crippen molar-refractivity contribution >= 4 is 33.3 Å². The van der Waals surface area contributed by atoms with Crippen molar-refractivity contribution in [1.29, 1.82) is 0 Å². The van der Waals surface area contributed by atoms with E-state index >= 15 is 0 Å². The van der Waals surface area contributed by atoms with Crippen molar-refractivity contribution in [2.24, 2.45) is 11.8 Å². The average molecular weight is 424 g/mol. The van der Waals surface area contributed by atoms with Crippen LogP contribution in [0.25, 0.3) is 0 Å². The maximum Gasteiger partial charge on any atom is 0.309 e. The number of hydrogen-bond acceptors (Lipinski definition) is 6. The van der Waals surface area contributed by atoms with Crippen LogP contribution in [-0.4, -0.2) is 58.4 Å². The molecule has 0 radical (unpaired) electrons. The summed E-state index contributed by atoms with van der Waals surface area (Å²) in [5.74, 6) is -0.662. The molecule has 3 rings (SSSR count). The molecular formula is C20H29N3O5S. The number of ether oxygens (including phenoxy) is 1. The summed E-state index contributed by atoms with van der Waals surface area (Å²) < 4.78 is 32.5. The summed E-state index contributed by atoms with van der Waals surface area (Å²) in [6.45, 7) is 2.59. The fourth-order valence-corrected chi connectivity index (χ4v) is 5.04. The van der Waals surface area contributed by atoms with Gasteiger partial charge in [0, 0.05) is 27.2 Å². The van der Waals surface area contributed by atoms with Crippen LogP contribution in [0.15, 0.2) is 23.1 Å². The zero-order valence-corrected chi connectivity index (χ0v) is 18.0. The number of carbonyl (C=O) groups excluding carboxylic acids is 2. The number of rotatable bonds is 7. The Hall–Kier alpha value is -2.13. The molecule has 1 aliphatic heterocycles. The molecule has 2 fully saturated rings. The smallest absolute Gasteiger partial charge is 0.309 e. The van der Waals surface area contributed by atoms with E-state index in [1.165, 1.54) is 10.4 Å². The molecule has 1 aliphatic carbocycles. The first-order valence-electron chi connectivity index (χ1n) is 9.98. The normalized spacial score (nSPS) is 22.0. The van der Waals surface area contributed by atoms with Gasteiger partial charge >= 0.3 is 5.97 Å². The molecule has 0 bridgehead atoms. The standard InChI is InChI=1S/C20H29N3O5S/c1-14-11-16(14)20(25)28-13-19(24)21-17-12-15(7-8-18(17)22(2)3)29(26,27)23-9-5-4-6-10-23/h7-8,12,14,16H,4-6,9-11,13H2,1-3H3,(H,21,24)/t14-,16+/m1/s1. The molecular weight excluding hydrogens is 394 g/mol. The van der Waals surface area contributed by atoms with Gasteiger partial charge in [-0.2, -0.15) is 4.31 Å². The van der Waals surface area contributed by atoms with Crippen molar-refractivity contribution in [1.82, 2.24) is 4.31 Å². The molecule has 9 heteroatoms. The number of carbonyl (C=O) groups is 2. The highest BCUT2D eigenvalue weighted by atomic mass is 32.2. The Morgan fingerprint density at radius 1 is 1.21 bits per heavy atom.